The Morgan fingerprint density at radius 2 is 1.00 bits per heavy atom. The van der Waals surface area contributed by atoms with Crippen molar-refractivity contribution in [3.8, 4) is 22.3 Å². The molecular weight excluding hydrogens is 747 g/mol. The summed E-state index contributed by atoms with van der Waals surface area (Å²) in [4.78, 5) is 5.28. The third-order valence-electron chi connectivity index (χ3n) is 14.3. The van der Waals surface area contributed by atoms with E-state index in [4.69, 9.17) is 0 Å². The highest BCUT2D eigenvalue weighted by Gasteiger charge is 2.48. The SMILES string of the molecule is Cc1cc2c3c(c1)N(c1ccc(C(C)(C)C)cc1-c1ccccc1)c1cc4c(cc1B3c1ccc(C(C)(C)C)cc1N2c1cc(-c2ccccc2)ccc1C)C(C)(C)CC4(C)C. The van der Waals surface area contributed by atoms with Crippen molar-refractivity contribution >= 4 is 57.2 Å². The van der Waals surface area contributed by atoms with E-state index in [-0.39, 0.29) is 28.4 Å². The fourth-order valence-electron chi connectivity index (χ4n) is 11.3. The molecule has 62 heavy (non-hydrogen) atoms. The van der Waals surface area contributed by atoms with Gasteiger partial charge in [-0.25, -0.2) is 0 Å². The summed E-state index contributed by atoms with van der Waals surface area (Å²) >= 11 is 0. The van der Waals surface area contributed by atoms with Gasteiger partial charge in [0.2, 0.25) is 0 Å². The molecule has 0 fully saturated rings. The molecule has 0 atom stereocenters. The summed E-state index contributed by atoms with van der Waals surface area (Å²) in [6, 6.07) is 53.8. The van der Waals surface area contributed by atoms with Gasteiger partial charge in [0.15, 0.2) is 0 Å². The van der Waals surface area contributed by atoms with Crippen LogP contribution in [0.25, 0.3) is 22.3 Å². The standard InChI is InChI=1S/C59H61BN2/c1-37-29-53-55-54(30-37)62(50-31-41(24-23-38(50)2)39-19-15-13-16-20-39)51-33-43(57(6,7)8)25-27-47(51)60(55)48-34-45-46(59(11,12)36-58(45,9)10)35-52(48)61(53)49-28-26-42(56(3,4)5)32-44(49)40-21-17-14-18-22-40/h13-35H,36H2,1-12H3. The van der Waals surface area contributed by atoms with E-state index in [1.165, 1.54) is 106 Å². The third-order valence-corrected chi connectivity index (χ3v) is 14.3. The lowest BCUT2D eigenvalue weighted by Gasteiger charge is -2.46. The second-order valence-electron chi connectivity index (χ2n) is 22.0. The molecule has 0 saturated carbocycles. The van der Waals surface area contributed by atoms with Gasteiger partial charge >= 0.3 is 0 Å². The first kappa shape index (κ1) is 40.3. The minimum atomic E-state index is -0.0234. The molecule has 2 aliphatic heterocycles. The second kappa shape index (κ2) is 13.9. The molecule has 7 aromatic rings. The third kappa shape index (κ3) is 6.37. The number of fused-ring (bicyclic) bond motifs is 5. The Hall–Kier alpha value is -5.80. The Kier molecular flexibility index (Phi) is 9.00. The molecule has 0 radical (unpaired) electrons. The molecule has 2 heterocycles. The van der Waals surface area contributed by atoms with Crippen LogP contribution in [0.15, 0.2) is 140 Å². The summed E-state index contributed by atoms with van der Waals surface area (Å²) < 4.78 is 0. The number of hydrogen-bond acceptors (Lipinski definition) is 2. The monoisotopic (exact) mass is 808 g/mol. The molecule has 0 saturated heterocycles. The highest BCUT2D eigenvalue weighted by atomic mass is 15.2. The van der Waals surface area contributed by atoms with Crippen molar-refractivity contribution in [3.05, 3.63) is 173 Å². The van der Waals surface area contributed by atoms with Gasteiger partial charge in [0, 0.05) is 34.0 Å². The van der Waals surface area contributed by atoms with Crippen LogP contribution in [0.2, 0.25) is 0 Å². The van der Waals surface area contributed by atoms with Crippen LogP contribution in [0.4, 0.5) is 34.1 Å². The number of anilines is 6. The van der Waals surface area contributed by atoms with Gasteiger partial charge in [-0.3, -0.25) is 0 Å². The molecule has 7 aromatic carbocycles. The lowest BCUT2D eigenvalue weighted by molar-refractivity contribution is 0.403. The van der Waals surface area contributed by atoms with Crippen molar-refractivity contribution in [1.82, 2.24) is 0 Å². The van der Waals surface area contributed by atoms with Crippen molar-refractivity contribution in [2.24, 2.45) is 0 Å². The van der Waals surface area contributed by atoms with Crippen molar-refractivity contribution in [2.75, 3.05) is 9.80 Å². The second-order valence-corrected chi connectivity index (χ2v) is 22.0. The van der Waals surface area contributed by atoms with Gasteiger partial charge in [0.25, 0.3) is 6.71 Å². The maximum absolute atomic E-state index is 2.66. The van der Waals surface area contributed by atoms with E-state index in [1.54, 1.807) is 0 Å². The van der Waals surface area contributed by atoms with Gasteiger partial charge in [-0.05, 0) is 151 Å². The zero-order valence-corrected chi connectivity index (χ0v) is 39.0. The van der Waals surface area contributed by atoms with E-state index in [0.717, 1.165) is 6.42 Å². The molecule has 3 aliphatic rings. The zero-order chi connectivity index (χ0) is 43.7. The van der Waals surface area contributed by atoms with E-state index in [0.29, 0.717) is 0 Å². The molecule has 310 valence electrons. The summed E-state index contributed by atoms with van der Waals surface area (Å²) in [6.07, 6.45) is 1.12. The van der Waals surface area contributed by atoms with Crippen LogP contribution in [0, 0.1) is 13.8 Å². The van der Waals surface area contributed by atoms with Gasteiger partial charge in [0.1, 0.15) is 0 Å². The van der Waals surface area contributed by atoms with E-state index in [2.05, 4.69) is 232 Å². The van der Waals surface area contributed by atoms with Crippen molar-refractivity contribution in [3.63, 3.8) is 0 Å². The summed E-state index contributed by atoms with van der Waals surface area (Å²) in [6.45, 7) is 28.5. The predicted octanol–water partition coefficient (Wildman–Crippen LogP) is 14.3. The zero-order valence-electron chi connectivity index (χ0n) is 39.0. The predicted molar refractivity (Wildman–Crippen MR) is 269 cm³/mol. The molecule has 0 N–H and O–H groups in total. The minimum absolute atomic E-state index is 0.00580. The molecule has 3 heteroatoms. The molecule has 2 nitrogen and oxygen atoms in total. The average molecular weight is 809 g/mol. The van der Waals surface area contributed by atoms with Crippen LogP contribution >= 0.6 is 0 Å². The highest BCUT2D eigenvalue weighted by molar-refractivity contribution is 7.00. The normalized spacial score (nSPS) is 15.8. The van der Waals surface area contributed by atoms with Crippen LogP contribution < -0.4 is 26.2 Å². The van der Waals surface area contributed by atoms with Crippen LogP contribution in [-0.2, 0) is 21.7 Å². The van der Waals surface area contributed by atoms with Crippen molar-refractivity contribution < 1.29 is 0 Å². The largest absolute Gasteiger partial charge is 0.311 e. The maximum Gasteiger partial charge on any atom is 0.252 e. The molecule has 0 bridgehead atoms. The number of nitrogens with zero attached hydrogens (tertiary/aromatic N) is 2. The van der Waals surface area contributed by atoms with Gasteiger partial charge in [0.05, 0.1) is 5.69 Å². The first-order valence-electron chi connectivity index (χ1n) is 22.8. The quantitative estimate of drug-likeness (QED) is 0.163. The Labute approximate surface area is 371 Å². The van der Waals surface area contributed by atoms with E-state index in [9.17, 15) is 0 Å². The van der Waals surface area contributed by atoms with Crippen LogP contribution in [0.5, 0.6) is 0 Å². The molecule has 0 aromatic heterocycles. The summed E-state index contributed by atoms with van der Waals surface area (Å²) in [5, 5.41) is 0. The molecule has 0 amide bonds. The molecule has 10 rings (SSSR count). The van der Waals surface area contributed by atoms with E-state index >= 15 is 0 Å². The van der Waals surface area contributed by atoms with Crippen LogP contribution in [0.1, 0.15) is 109 Å². The molecule has 1 aliphatic carbocycles. The fraction of sp³-hybridized carbons (Fsp3) is 0.288. The highest BCUT2D eigenvalue weighted by Crippen LogP contribution is 2.54. The van der Waals surface area contributed by atoms with Gasteiger partial charge in [-0.15, -0.1) is 0 Å². The molecule has 0 spiro atoms. The lowest BCUT2D eigenvalue weighted by Crippen LogP contribution is -2.61. The summed E-state index contributed by atoms with van der Waals surface area (Å²) in [5.74, 6) is 0. The van der Waals surface area contributed by atoms with Gasteiger partial charge in [-0.2, -0.15) is 0 Å². The fourth-order valence-corrected chi connectivity index (χ4v) is 11.3. The Morgan fingerprint density at radius 1 is 0.452 bits per heavy atom. The van der Waals surface area contributed by atoms with E-state index < -0.39 is 0 Å². The first-order chi connectivity index (χ1) is 29.3. The number of rotatable bonds is 4. The number of hydrogen-bond donors (Lipinski definition) is 0. The number of aryl methyl sites for hydroxylation is 2. The average Bonchev–Trinajstić information content (AvgIpc) is 3.41. The number of benzene rings is 7. The first-order valence-corrected chi connectivity index (χ1v) is 22.8. The Morgan fingerprint density at radius 3 is 1.63 bits per heavy atom. The topological polar surface area (TPSA) is 6.48 Å². The van der Waals surface area contributed by atoms with E-state index in [1.807, 2.05) is 0 Å². The van der Waals surface area contributed by atoms with Gasteiger partial charge < -0.3 is 9.80 Å². The smallest absolute Gasteiger partial charge is 0.252 e. The molecular formula is C59H61BN2. The van der Waals surface area contributed by atoms with Crippen LogP contribution in [0.3, 0.4) is 0 Å². The Bertz CT molecular complexity index is 2920. The maximum atomic E-state index is 2.66. The molecule has 0 unspecified atom stereocenters. The lowest BCUT2D eigenvalue weighted by atomic mass is 9.33. The van der Waals surface area contributed by atoms with Crippen molar-refractivity contribution in [2.45, 2.75) is 111 Å². The summed E-state index contributed by atoms with van der Waals surface area (Å²) in [5.41, 5.74) is 24.8. The van der Waals surface area contributed by atoms with Gasteiger partial charge in [-0.1, -0.05) is 166 Å². The van der Waals surface area contributed by atoms with Crippen LogP contribution in [-0.4, -0.2) is 6.71 Å². The van der Waals surface area contributed by atoms with Crippen molar-refractivity contribution in [1.29, 1.82) is 0 Å². The summed E-state index contributed by atoms with van der Waals surface area (Å²) in [7, 11) is 0. The Balaban J connectivity index is 1.34. The minimum Gasteiger partial charge on any atom is -0.311 e.